The zero-order valence-corrected chi connectivity index (χ0v) is 14.0. The number of aryl methyl sites for hydroxylation is 1. The molecule has 1 aromatic rings. The molecule has 6 nitrogen and oxygen atoms in total. The van der Waals surface area contributed by atoms with E-state index < -0.39 is 0 Å². The van der Waals surface area contributed by atoms with E-state index in [1.54, 1.807) is 18.2 Å². The second-order valence-corrected chi connectivity index (χ2v) is 6.39. The number of nitrogens with zero attached hydrogens (tertiary/aromatic N) is 3. The molecular formula is C16H28N4O2. The van der Waals surface area contributed by atoms with Gasteiger partial charge in [-0.25, -0.2) is 9.78 Å². The molecule has 0 unspecified atom stereocenters. The molecule has 0 atom stereocenters. The highest BCUT2D eigenvalue weighted by Gasteiger charge is 2.34. The van der Waals surface area contributed by atoms with Crippen LogP contribution in [0.3, 0.4) is 0 Å². The maximum absolute atomic E-state index is 12.2. The first-order valence-electron chi connectivity index (χ1n) is 8.02. The van der Waals surface area contributed by atoms with Crippen LogP contribution in [-0.4, -0.2) is 54.3 Å². The Morgan fingerprint density at radius 3 is 2.82 bits per heavy atom. The van der Waals surface area contributed by atoms with E-state index in [2.05, 4.69) is 10.3 Å². The summed E-state index contributed by atoms with van der Waals surface area (Å²) in [6.07, 6.45) is 8.46. The van der Waals surface area contributed by atoms with Crippen molar-refractivity contribution in [1.82, 2.24) is 19.8 Å². The fraction of sp³-hybridized carbons (Fsp3) is 0.750. The summed E-state index contributed by atoms with van der Waals surface area (Å²) in [6, 6.07) is -0.0138. The number of nitrogens with one attached hydrogen (secondary N) is 1. The van der Waals surface area contributed by atoms with Crippen LogP contribution >= 0.6 is 0 Å². The number of aromatic nitrogens is 2. The Hall–Kier alpha value is -1.56. The minimum Gasteiger partial charge on any atom is -0.384 e. The van der Waals surface area contributed by atoms with Crippen molar-refractivity contribution in [2.45, 2.75) is 39.2 Å². The Bertz CT molecular complexity index is 480. The number of hydrogen-bond acceptors (Lipinski definition) is 3. The molecule has 0 spiro atoms. The summed E-state index contributed by atoms with van der Waals surface area (Å²) in [5, 5.41) is 3.08. The number of ether oxygens (including phenoxy) is 1. The highest BCUT2D eigenvalue weighted by atomic mass is 16.5. The molecule has 1 aliphatic carbocycles. The first-order valence-corrected chi connectivity index (χ1v) is 8.02. The smallest absolute Gasteiger partial charge is 0.317 e. The van der Waals surface area contributed by atoms with Gasteiger partial charge in [-0.3, -0.25) is 0 Å². The van der Waals surface area contributed by atoms with Crippen molar-refractivity contribution in [2.24, 2.45) is 5.41 Å². The van der Waals surface area contributed by atoms with Gasteiger partial charge in [-0.15, -0.1) is 0 Å². The Balaban J connectivity index is 1.77. The van der Waals surface area contributed by atoms with Crippen LogP contribution in [0.2, 0.25) is 0 Å². The number of carbonyl (C=O) groups is 1. The molecule has 0 bridgehead atoms. The molecule has 0 aliphatic heterocycles. The van der Waals surface area contributed by atoms with Gasteiger partial charge in [0.25, 0.3) is 0 Å². The van der Waals surface area contributed by atoms with E-state index in [4.69, 9.17) is 4.74 Å². The van der Waals surface area contributed by atoms with E-state index in [1.807, 2.05) is 24.7 Å². The maximum atomic E-state index is 12.2. The molecular weight excluding hydrogens is 280 g/mol. The second-order valence-electron chi connectivity index (χ2n) is 6.39. The summed E-state index contributed by atoms with van der Waals surface area (Å²) in [4.78, 5) is 18.2. The van der Waals surface area contributed by atoms with E-state index in [0.29, 0.717) is 13.1 Å². The van der Waals surface area contributed by atoms with Gasteiger partial charge >= 0.3 is 6.03 Å². The van der Waals surface area contributed by atoms with Gasteiger partial charge in [-0.05, 0) is 19.8 Å². The molecule has 124 valence electrons. The number of urea groups is 1. The zero-order valence-electron chi connectivity index (χ0n) is 14.0. The minimum atomic E-state index is -0.0138. The van der Waals surface area contributed by atoms with Crippen LogP contribution in [-0.2, 0) is 11.3 Å². The highest BCUT2D eigenvalue weighted by Crippen LogP contribution is 2.37. The van der Waals surface area contributed by atoms with Crippen molar-refractivity contribution in [3.05, 3.63) is 18.2 Å². The van der Waals surface area contributed by atoms with Crippen LogP contribution in [0, 0.1) is 12.3 Å². The Labute approximate surface area is 132 Å². The maximum Gasteiger partial charge on any atom is 0.317 e. The minimum absolute atomic E-state index is 0.0138. The lowest BCUT2D eigenvalue weighted by Gasteiger charge is -2.29. The summed E-state index contributed by atoms with van der Waals surface area (Å²) >= 11 is 0. The fourth-order valence-corrected chi connectivity index (χ4v) is 3.20. The van der Waals surface area contributed by atoms with Crippen molar-refractivity contribution in [3.8, 4) is 0 Å². The van der Waals surface area contributed by atoms with E-state index >= 15 is 0 Å². The van der Waals surface area contributed by atoms with Crippen molar-refractivity contribution >= 4 is 6.03 Å². The average Bonchev–Trinajstić information content (AvgIpc) is 3.12. The van der Waals surface area contributed by atoms with Crippen LogP contribution in [0.1, 0.15) is 31.5 Å². The number of likely N-dealkylation sites (N-methyl/N-ethyl adjacent to an activating group) is 1. The number of rotatable bonds is 7. The van der Waals surface area contributed by atoms with Gasteiger partial charge in [-0.2, -0.15) is 0 Å². The molecule has 2 rings (SSSR count). The molecule has 0 radical (unpaired) electrons. The summed E-state index contributed by atoms with van der Waals surface area (Å²) < 4.78 is 7.41. The SMILES string of the molecule is COCC1(CNC(=O)N(C)CCn2ccnc2C)CCCC1. The molecule has 22 heavy (non-hydrogen) atoms. The van der Waals surface area contributed by atoms with E-state index in [9.17, 15) is 4.79 Å². The molecule has 1 aromatic heterocycles. The topological polar surface area (TPSA) is 59.4 Å². The van der Waals surface area contributed by atoms with E-state index in [1.165, 1.54) is 12.8 Å². The molecule has 1 fully saturated rings. The van der Waals surface area contributed by atoms with E-state index in [-0.39, 0.29) is 11.4 Å². The molecule has 0 saturated heterocycles. The third kappa shape index (κ3) is 4.22. The van der Waals surface area contributed by atoms with Gasteiger partial charge in [0.05, 0.1) is 6.61 Å². The molecule has 1 saturated carbocycles. The van der Waals surface area contributed by atoms with Gasteiger partial charge in [0.15, 0.2) is 0 Å². The van der Waals surface area contributed by atoms with Crippen molar-refractivity contribution in [3.63, 3.8) is 0 Å². The number of imidazole rings is 1. The lowest BCUT2D eigenvalue weighted by Crippen LogP contribution is -2.44. The van der Waals surface area contributed by atoms with Crippen LogP contribution in [0.25, 0.3) is 0 Å². The predicted octanol–water partition coefficient (Wildman–Crippen LogP) is 2.04. The number of amides is 2. The molecule has 6 heteroatoms. The molecule has 2 amide bonds. The van der Waals surface area contributed by atoms with Crippen LogP contribution < -0.4 is 5.32 Å². The lowest BCUT2D eigenvalue weighted by atomic mass is 9.87. The van der Waals surface area contributed by atoms with Gasteiger partial charge in [0, 0.05) is 51.6 Å². The van der Waals surface area contributed by atoms with Crippen molar-refractivity contribution in [1.29, 1.82) is 0 Å². The molecule has 1 heterocycles. The fourth-order valence-electron chi connectivity index (χ4n) is 3.20. The molecule has 1 N–H and O–H groups in total. The second kappa shape index (κ2) is 7.63. The highest BCUT2D eigenvalue weighted by molar-refractivity contribution is 5.73. The largest absolute Gasteiger partial charge is 0.384 e. The first kappa shape index (κ1) is 16.8. The average molecular weight is 308 g/mol. The van der Waals surface area contributed by atoms with Crippen LogP contribution in [0.15, 0.2) is 12.4 Å². The standard InChI is InChI=1S/C16H28N4O2/c1-14-17-8-9-20(14)11-10-19(2)15(21)18-12-16(13-22-3)6-4-5-7-16/h8-9H,4-7,10-13H2,1-3H3,(H,18,21). The Kier molecular flexibility index (Phi) is 5.83. The summed E-state index contributed by atoms with van der Waals surface area (Å²) in [7, 11) is 3.57. The monoisotopic (exact) mass is 308 g/mol. The van der Waals surface area contributed by atoms with Crippen LogP contribution in [0.5, 0.6) is 0 Å². The zero-order chi connectivity index (χ0) is 16.0. The Morgan fingerprint density at radius 1 is 1.50 bits per heavy atom. The normalized spacial score (nSPS) is 16.7. The van der Waals surface area contributed by atoms with Crippen molar-refractivity contribution in [2.75, 3.05) is 33.9 Å². The molecule has 1 aliphatic rings. The summed E-state index contributed by atoms with van der Waals surface area (Å²) in [6.45, 7) is 4.83. The third-order valence-corrected chi connectivity index (χ3v) is 4.68. The molecule has 0 aromatic carbocycles. The number of hydrogen-bond donors (Lipinski definition) is 1. The van der Waals surface area contributed by atoms with E-state index in [0.717, 1.165) is 31.8 Å². The first-order chi connectivity index (χ1) is 10.6. The predicted molar refractivity (Wildman–Crippen MR) is 85.8 cm³/mol. The van der Waals surface area contributed by atoms with Gasteiger partial charge in [-0.1, -0.05) is 12.8 Å². The number of carbonyl (C=O) groups excluding carboxylic acids is 1. The summed E-state index contributed by atoms with van der Waals surface area (Å²) in [5.41, 5.74) is 0.131. The van der Waals surface area contributed by atoms with Gasteiger partial charge < -0.3 is 19.5 Å². The van der Waals surface area contributed by atoms with Gasteiger partial charge in [0.2, 0.25) is 0 Å². The number of methoxy groups -OCH3 is 1. The lowest BCUT2D eigenvalue weighted by molar-refractivity contribution is 0.0829. The third-order valence-electron chi connectivity index (χ3n) is 4.68. The summed E-state index contributed by atoms with van der Waals surface area (Å²) in [5.74, 6) is 0.971. The Morgan fingerprint density at radius 2 is 2.23 bits per heavy atom. The van der Waals surface area contributed by atoms with Gasteiger partial charge in [0.1, 0.15) is 5.82 Å². The van der Waals surface area contributed by atoms with Crippen molar-refractivity contribution < 1.29 is 9.53 Å². The van der Waals surface area contributed by atoms with Crippen LogP contribution in [0.4, 0.5) is 4.79 Å². The quantitative estimate of drug-likeness (QED) is 0.838.